The highest BCUT2D eigenvalue weighted by Gasteiger charge is 2.19. The molecule has 0 saturated carbocycles. The Balaban J connectivity index is 4.35. The Morgan fingerprint density at radius 3 is 0.771 bits per heavy atom. The number of ether oxygens (including phenoxy) is 3. The number of hydrogen-bond donors (Lipinski definition) is 0. The third-order valence-electron chi connectivity index (χ3n) is 13.7. The molecule has 0 N–H and O–H groups in total. The molecular formula is C77H122O6. The molecule has 6 nitrogen and oxygen atoms in total. The summed E-state index contributed by atoms with van der Waals surface area (Å²) in [5.74, 6) is -0.980. The summed E-state index contributed by atoms with van der Waals surface area (Å²) in [5, 5.41) is 0. The minimum Gasteiger partial charge on any atom is -0.462 e. The fourth-order valence-electron chi connectivity index (χ4n) is 8.77. The van der Waals surface area contributed by atoms with Gasteiger partial charge in [0, 0.05) is 19.3 Å². The average molecular weight is 1140 g/mol. The first-order chi connectivity index (χ1) is 41.0. The van der Waals surface area contributed by atoms with Crippen LogP contribution in [0.15, 0.2) is 170 Å². The van der Waals surface area contributed by atoms with Gasteiger partial charge in [0.15, 0.2) is 6.10 Å². The lowest BCUT2D eigenvalue weighted by atomic mass is 10.0. The van der Waals surface area contributed by atoms with Gasteiger partial charge in [0.2, 0.25) is 0 Å². The Morgan fingerprint density at radius 1 is 0.253 bits per heavy atom. The van der Waals surface area contributed by atoms with Gasteiger partial charge < -0.3 is 14.2 Å². The number of carbonyl (C=O) groups is 3. The van der Waals surface area contributed by atoms with Crippen molar-refractivity contribution in [3.63, 3.8) is 0 Å². The summed E-state index contributed by atoms with van der Waals surface area (Å²) in [6, 6.07) is 0. The number of esters is 3. The van der Waals surface area contributed by atoms with Gasteiger partial charge in [0.1, 0.15) is 13.2 Å². The van der Waals surface area contributed by atoms with Gasteiger partial charge in [-0.2, -0.15) is 0 Å². The van der Waals surface area contributed by atoms with E-state index >= 15 is 0 Å². The van der Waals surface area contributed by atoms with E-state index in [-0.39, 0.29) is 37.5 Å². The normalized spacial score (nSPS) is 13.2. The molecule has 0 aromatic rings. The minimum atomic E-state index is -0.819. The summed E-state index contributed by atoms with van der Waals surface area (Å²) in [6.45, 7) is 6.35. The second kappa shape index (κ2) is 69.3. The summed E-state index contributed by atoms with van der Waals surface area (Å²) in [7, 11) is 0. The van der Waals surface area contributed by atoms with Gasteiger partial charge in [-0.1, -0.05) is 300 Å². The summed E-state index contributed by atoms with van der Waals surface area (Å²) >= 11 is 0. The second-order valence-corrected chi connectivity index (χ2v) is 21.6. The van der Waals surface area contributed by atoms with Crippen molar-refractivity contribution in [2.45, 2.75) is 284 Å². The summed E-state index contributed by atoms with van der Waals surface area (Å²) < 4.78 is 16.9. The molecule has 0 fully saturated rings. The van der Waals surface area contributed by atoms with Crippen molar-refractivity contribution in [3.05, 3.63) is 170 Å². The third-order valence-corrected chi connectivity index (χ3v) is 13.7. The van der Waals surface area contributed by atoms with E-state index in [4.69, 9.17) is 14.2 Å². The highest BCUT2D eigenvalue weighted by Crippen LogP contribution is 2.15. The SMILES string of the molecule is CC/C=C\C/C=C\C/C=C\C/C=C\C/C=C\C/C=C\C/C=C\C/C=C\C/C=C\CCCCCCCCCC(=O)OCC(COC(=O)CCCCCCCCCCCCCCC)OC(=O)CCC/C=C\C/C=C\C/C=C\C/C=C\C/C=C\CC. The lowest BCUT2D eigenvalue weighted by molar-refractivity contribution is -0.167. The second-order valence-electron chi connectivity index (χ2n) is 21.6. The Kier molecular flexibility index (Phi) is 64.9. The van der Waals surface area contributed by atoms with E-state index < -0.39 is 6.10 Å². The maximum Gasteiger partial charge on any atom is 0.306 e. The Labute approximate surface area is 511 Å². The molecule has 83 heavy (non-hydrogen) atoms. The number of hydrogen-bond acceptors (Lipinski definition) is 6. The number of rotatable bonds is 59. The van der Waals surface area contributed by atoms with Crippen molar-refractivity contribution in [2.75, 3.05) is 13.2 Å². The molecule has 0 radical (unpaired) electrons. The van der Waals surface area contributed by atoms with Gasteiger partial charge in [0.25, 0.3) is 0 Å². The zero-order chi connectivity index (χ0) is 59.9. The Hall–Kier alpha value is -5.23. The molecular weight excluding hydrogens is 1020 g/mol. The van der Waals surface area contributed by atoms with E-state index in [0.29, 0.717) is 19.3 Å². The monoisotopic (exact) mass is 1140 g/mol. The fourth-order valence-corrected chi connectivity index (χ4v) is 8.77. The molecule has 0 spiro atoms. The van der Waals surface area contributed by atoms with Gasteiger partial charge in [-0.05, 0) is 128 Å². The van der Waals surface area contributed by atoms with Gasteiger partial charge in [-0.25, -0.2) is 0 Å². The highest BCUT2D eigenvalue weighted by atomic mass is 16.6. The first kappa shape index (κ1) is 77.8. The Bertz CT molecular complexity index is 1890. The standard InChI is InChI=1S/C77H122O6/c1-4-7-10-13-16-19-22-25-27-29-30-31-32-33-34-35-36-37-38-39-40-41-42-43-44-45-46-48-49-52-55-58-61-64-67-70-76(79)82-73-74(72-81-75(78)69-66-63-60-57-54-51-24-21-18-15-12-9-6-3)83-77(80)71-68-65-62-59-56-53-50-47-28-26-23-20-17-14-11-8-5-2/h7-8,10-11,16-17,19-20,25-28,30-31,33-34,36-37,39-40,42-43,45-46,50,53,59,62,74H,4-6,9,12-15,18,21-24,29,32,35,38,41,44,47-49,51-52,54-58,60-61,63-73H2,1-3H3/b10-7-,11-8-,19-16-,20-17-,27-25-,28-26-,31-30-,34-33-,37-36-,40-39-,43-42-,46-45-,53-50-,62-59-. The zero-order valence-corrected chi connectivity index (χ0v) is 53.4. The molecule has 0 aliphatic carbocycles. The molecule has 0 aromatic carbocycles. The van der Waals surface area contributed by atoms with E-state index in [1.165, 1.54) is 89.9 Å². The molecule has 0 heterocycles. The number of allylic oxidation sites excluding steroid dienone is 28. The van der Waals surface area contributed by atoms with Crippen LogP contribution in [0.1, 0.15) is 278 Å². The van der Waals surface area contributed by atoms with Crippen LogP contribution in [-0.2, 0) is 28.6 Å². The lowest BCUT2D eigenvalue weighted by Gasteiger charge is -2.18. The third kappa shape index (κ3) is 67.4. The van der Waals surface area contributed by atoms with E-state index in [1.54, 1.807) is 0 Å². The molecule has 0 saturated heterocycles. The molecule has 0 aliphatic rings. The maximum atomic E-state index is 12.9. The summed E-state index contributed by atoms with van der Waals surface area (Å²) in [5.41, 5.74) is 0. The van der Waals surface area contributed by atoms with E-state index in [0.717, 1.165) is 141 Å². The van der Waals surface area contributed by atoms with Crippen molar-refractivity contribution in [1.82, 2.24) is 0 Å². The van der Waals surface area contributed by atoms with Crippen molar-refractivity contribution in [3.8, 4) is 0 Å². The number of unbranched alkanes of at least 4 members (excludes halogenated alkanes) is 20. The molecule has 1 unspecified atom stereocenters. The van der Waals surface area contributed by atoms with Crippen LogP contribution >= 0.6 is 0 Å². The molecule has 0 amide bonds. The topological polar surface area (TPSA) is 78.9 Å². The minimum absolute atomic E-state index is 0.108. The molecule has 466 valence electrons. The van der Waals surface area contributed by atoms with Crippen LogP contribution in [-0.4, -0.2) is 37.2 Å². The molecule has 0 bridgehead atoms. The van der Waals surface area contributed by atoms with Gasteiger partial charge >= 0.3 is 17.9 Å². The van der Waals surface area contributed by atoms with Gasteiger partial charge in [-0.3, -0.25) is 14.4 Å². The van der Waals surface area contributed by atoms with E-state index in [9.17, 15) is 14.4 Å². The molecule has 6 heteroatoms. The molecule has 1 atom stereocenters. The van der Waals surface area contributed by atoms with Crippen LogP contribution in [0, 0.1) is 0 Å². The van der Waals surface area contributed by atoms with Crippen LogP contribution in [0.2, 0.25) is 0 Å². The van der Waals surface area contributed by atoms with Crippen molar-refractivity contribution in [1.29, 1.82) is 0 Å². The molecule has 0 aromatic heterocycles. The van der Waals surface area contributed by atoms with Crippen LogP contribution in [0.5, 0.6) is 0 Å². The van der Waals surface area contributed by atoms with Crippen LogP contribution in [0.25, 0.3) is 0 Å². The predicted octanol–water partition coefficient (Wildman–Crippen LogP) is 23.4. The largest absolute Gasteiger partial charge is 0.462 e. The zero-order valence-electron chi connectivity index (χ0n) is 53.4. The van der Waals surface area contributed by atoms with Gasteiger partial charge in [-0.15, -0.1) is 0 Å². The summed E-state index contributed by atoms with van der Waals surface area (Å²) in [4.78, 5) is 38.3. The van der Waals surface area contributed by atoms with Crippen molar-refractivity contribution >= 4 is 17.9 Å². The first-order valence-corrected chi connectivity index (χ1v) is 33.6. The highest BCUT2D eigenvalue weighted by molar-refractivity contribution is 5.71. The maximum absolute atomic E-state index is 12.9. The van der Waals surface area contributed by atoms with E-state index in [2.05, 4.69) is 191 Å². The average Bonchev–Trinajstić information content (AvgIpc) is 3.49. The van der Waals surface area contributed by atoms with Crippen LogP contribution in [0.3, 0.4) is 0 Å². The summed E-state index contributed by atoms with van der Waals surface area (Å²) in [6.07, 6.45) is 102. The van der Waals surface area contributed by atoms with Crippen LogP contribution < -0.4 is 0 Å². The fraction of sp³-hybridized carbons (Fsp3) is 0.597. The molecule has 0 rings (SSSR count). The quantitative estimate of drug-likeness (QED) is 0.0261. The lowest BCUT2D eigenvalue weighted by Crippen LogP contribution is -2.30. The van der Waals surface area contributed by atoms with Crippen molar-refractivity contribution in [2.24, 2.45) is 0 Å². The smallest absolute Gasteiger partial charge is 0.306 e. The van der Waals surface area contributed by atoms with Crippen molar-refractivity contribution < 1.29 is 28.6 Å². The van der Waals surface area contributed by atoms with Crippen LogP contribution in [0.4, 0.5) is 0 Å². The number of carbonyl (C=O) groups excluding carboxylic acids is 3. The van der Waals surface area contributed by atoms with E-state index in [1.807, 2.05) is 0 Å². The van der Waals surface area contributed by atoms with Gasteiger partial charge in [0.05, 0.1) is 0 Å². The predicted molar refractivity (Wildman–Crippen MR) is 361 cm³/mol. The Morgan fingerprint density at radius 2 is 0.482 bits per heavy atom. The first-order valence-electron chi connectivity index (χ1n) is 33.6. The molecule has 0 aliphatic heterocycles.